The maximum absolute atomic E-state index is 7.50. The van der Waals surface area contributed by atoms with Gasteiger partial charge in [0.2, 0.25) is 0 Å². The lowest BCUT2D eigenvalue weighted by Gasteiger charge is -2.37. The Balaban J connectivity index is 1.09. The van der Waals surface area contributed by atoms with Crippen LogP contribution in [0.15, 0.2) is 294 Å². The van der Waals surface area contributed by atoms with Gasteiger partial charge in [0.1, 0.15) is 16.7 Å². The van der Waals surface area contributed by atoms with Gasteiger partial charge in [-0.3, -0.25) is 0 Å². The molecule has 2 aromatic heterocycles. The van der Waals surface area contributed by atoms with Crippen molar-refractivity contribution in [2.24, 2.45) is 0 Å². The Morgan fingerprint density at radius 1 is 0.377 bits per heavy atom. The highest BCUT2D eigenvalue weighted by atomic mass is 16.3. The SMILES string of the molecule is C1=CCC(N(c2ccc(-c3ccccc3)cc2)c2cc3c(c4c2oc2ccccc24)-c2c(cc(N(c4ccccc4)c4ccc(-c5ccccc5)cc4)c4c2oc2ccccc24)C3(c2ccccc2)c2ccccc2)C=C1. The van der Waals surface area contributed by atoms with E-state index in [9.17, 15) is 0 Å². The first-order valence-corrected chi connectivity index (χ1v) is 26.6. The standard InChI is InChI=1S/C73H50N2O2/c1-7-23-49(24-8-1)51-39-43-57(44-40-51)74(55-31-15-5-16-32-55)63-47-62-70(72-67(63)59-35-19-21-37-65(59)77-72)69-61(73(62,53-27-11-3-12-28-53)54-29-13-4-14-30-54)48-64(71-68(69)60-36-20-22-38-66(60)76-71)75(56-33-17-6-18-34-56)58-45-41-52(42-46-58)50-25-9-2-10-26-50/h1-33,35-48,56H,34H2. The summed E-state index contributed by atoms with van der Waals surface area (Å²) in [5.41, 5.74) is 19.1. The zero-order valence-corrected chi connectivity index (χ0v) is 42.1. The van der Waals surface area contributed by atoms with Crippen LogP contribution in [0, 0.1) is 0 Å². The summed E-state index contributed by atoms with van der Waals surface area (Å²) in [6, 6.07) is 94.5. The van der Waals surface area contributed by atoms with Crippen molar-refractivity contribution in [3.8, 4) is 33.4 Å². The lowest BCUT2D eigenvalue weighted by Crippen LogP contribution is -2.32. The van der Waals surface area contributed by atoms with Crippen LogP contribution in [0.4, 0.5) is 28.4 Å². The second-order valence-corrected chi connectivity index (χ2v) is 20.2. The topological polar surface area (TPSA) is 32.8 Å². The fraction of sp³-hybridized carbons (Fsp3) is 0.0411. The average molecular weight is 987 g/mol. The molecule has 0 fully saturated rings. The van der Waals surface area contributed by atoms with Gasteiger partial charge in [0, 0.05) is 44.3 Å². The summed E-state index contributed by atoms with van der Waals surface area (Å²) >= 11 is 0. The van der Waals surface area contributed by atoms with Gasteiger partial charge in [-0.05, 0) is 112 Å². The third kappa shape index (κ3) is 7.06. The molecule has 15 rings (SSSR count). The first kappa shape index (κ1) is 44.6. The largest absolute Gasteiger partial charge is 0.455 e. The van der Waals surface area contributed by atoms with Crippen LogP contribution in [-0.4, -0.2) is 6.04 Å². The Morgan fingerprint density at radius 2 is 0.831 bits per heavy atom. The molecular weight excluding hydrogens is 937 g/mol. The van der Waals surface area contributed by atoms with E-state index in [-0.39, 0.29) is 6.04 Å². The van der Waals surface area contributed by atoms with E-state index in [2.05, 4.69) is 295 Å². The van der Waals surface area contributed by atoms with Gasteiger partial charge in [-0.25, -0.2) is 0 Å². The van der Waals surface area contributed by atoms with E-state index in [4.69, 9.17) is 8.83 Å². The van der Waals surface area contributed by atoms with Crippen LogP contribution < -0.4 is 9.80 Å². The van der Waals surface area contributed by atoms with Crippen LogP contribution >= 0.6 is 0 Å². The van der Waals surface area contributed by atoms with Crippen LogP contribution in [0.3, 0.4) is 0 Å². The van der Waals surface area contributed by atoms with Gasteiger partial charge in [-0.2, -0.15) is 0 Å². The number of fused-ring (bicyclic) bond motifs is 11. The molecule has 0 N–H and O–H groups in total. The summed E-state index contributed by atoms with van der Waals surface area (Å²) in [6.45, 7) is 0. The molecule has 0 saturated heterocycles. The Labute approximate surface area is 447 Å². The summed E-state index contributed by atoms with van der Waals surface area (Å²) in [5.74, 6) is 0. The van der Waals surface area contributed by atoms with Gasteiger partial charge in [-0.15, -0.1) is 0 Å². The van der Waals surface area contributed by atoms with Crippen LogP contribution in [0.1, 0.15) is 28.7 Å². The van der Waals surface area contributed by atoms with Crippen LogP contribution in [0.5, 0.6) is 0 Å². The lowest BCUT2D eigenvalue weighted by molar-refractivity contribution is 0.663. The van der Waals surface area contributed by atoms with E-state index in [1.54, 1.807) is 0 Å². The average Bonchev–Trinajstić information content (AvgIpc) is 4.39. The van der Waals surface area contributed by atoms with Crippen LogP contribution in [-0.2, 0) is 5.41 Å². The molecule has 4 nitrogen and oxygen atoms in total. The van der Waals surface area contributed by atoms with Crippen molar-refractivity contribution in [1.29, 1.82) is 0 Å². The first-order valence-electron chi connectivity index (χ1n) is 26.6. The van der Waals surface area contributed by atoms with E-state index in [0.717, 1.165) is 118 Å². The number of hydrogen-bond acceptors (Lipinski definition) is 4. The van der Waals surface area contributed by atoms with Gasteiger partial charge in [0.25, 0.3) is 0 Å². The molecule has 0 saturated carbocycles. The van der Waals surface area contributed by atoms with E-state index in [1.807, 2.05) is 0 Å². The molecule has 1 unspecified atom stereocenters. The molecule has 0 aliphatic heterocycles. The van der Waals surface area contributed by atoms with Crippen LogP contribution in [0.25, 0.3) is 77.3 Å². The molecule has 13 aromatic rings. The van der Waals surface area contributed by atoms with E-state index in [0.29, 0.717) is 0 Å². The predicted molar refractivity (Wildman–Crippen MR) is 319 cm³/mol. The fourth-order valence-corrected chi connectivity index (χ4v) is 12.7. The number of benzene rings is 11. The zero-order chi connectivity index (χ0) is 50.9. The molecule has 4 heteroatoms. The molecule has 2 heterocycles. The van der Waals surface area contributed by atoms with E-state index in [1.165, 1.54) is 16.7 Å². The molecule has 2 aliphatic carbocycles. The number of hydrogen-bond donors (Lipinski definition) is 0. The number of anilines is 5. The van der Waals surface area contributed by atoms with Crippen molar-refractivity contribution in [3.63, 3.8) is 0 Å². The highest BCUT2D eigenvalue weighted by Crippen LogP contribution is 2.64. The molecule has 0 radical (unpaired) electrons. The molecule has 77 heavy (non-hydrogen) atoms. The first-order chi connectivity index (χ1) is 38.2. The molecule has 2 aliphatic rings. The van der Waals surface area contributed by atoms with Crippen molar-refractivity contribution < 1.29 is 8.83 Å². The third-order valence-electron chi connectivity index (χ3n) is 16.0. The van der Waals surface area contributed by atoms with E-state index >= 15 is 0 Å². The summed E-state index contributed by atoms with van der Waals surface area (Å²) in [7, 11) is 0. The molecular formula is C73H50N2O2. The number of rotatable bonds is 10. The molecule has 364 valence electrons. The Morgan fingerprint density at radius 3 is 1.40 bits per heavy atom. The second kappa shape index (κ2) is 18.2. The van der Waals surface area contributed by atoms with Crippen molar-refractivity contribution in [1.82, 2.24) is 0 Å². The quantitative estimate of drug-likeness (QED) is 0.137. The number of para-hydroxylation sites is 3. The van der Waals surface area contributed by atoms with Crippen molar-refractivity contribution in [2.75, 3.05) is 9.80 Å². The van der Waals surface area contributed by atoms with Crippen molar-refractivity contribution in [2.45, 2.75) is 17.9 Å². The molecule has 0 amide bonds. The predicted octanol–water partition coefficient (Wildman–Crippen LogP) is 19.7. The van der Waals surface area contributed by atoms with Gasteiger partial charge in [0.05, 0.1) is 28.2 Å². The Kier molecular flexibility index (Phi) is 10.5. The maximum atomic E-state index is 7.50. The highest BCUT2D eigenvalue weighted by Gasteiger charge is 2.50. The maximum Gasteiger partial charge on any atom is 0.159 e. The minimum absolute atomic E-state index is 0.00920. The number of furan rings is 2. The van der Waals surface area contributed by atoms with E-state index < -0.39 is 5.41 Å². The summed E-state index contributed by atoms with van der Waals surface area (Å²) in [4.78, 5) is 4.95. The van der Waals surface area contributed by atoms with Gasteiger partial charge in [-0.1, -0.05) is 224 Å². The van der Waals surface area contributed by atoms with Crippen molar-refractivity contribution >= 4 is 72.3 Å². The van der Waals surface area contributed by atoms with Crippen molar-refractivity contribution in [3.05, 3.63) is 307 Å². The fourth-order valence-electron chi connectivity index (χ4n) is 12.7. The minimum atomic E-state index is -0.860. The summed E-state index contributed by atoms with van der Waals surface area (Å²) in [5, 5.41) is 4.21. The second-order valence-electron chi connectivity index (χ2n) is 20.2. The molecule has 11 aromatic carbocycles. The smallest absolute Gasteiger partial charge is 0.159 e. The summed E-state index contributed by atoms with van der Waals surface area (Å²) < 4.78 is 14.9. The number of allylic oxidation sites excluding steroid dienone is 2. The molecule has 1 atom stereocenters. The van der Waals surface area contributed by atoms with Gasteiger partial charge < -0.3 is 18.6 Å². The highest BCUT2D eigenvalue weighted by molar-refractivity contribution is 6.25. The summed E-state index contributed by atoms with van der Waals surface area (Å²) in [6.07, 6.45) is 9.78. The molecule has 0 bridgehead atoms. The lowest BCUT2D eigenvalue weighted by atomic mass is 9.67. The number of nitrogens with zero attached hydrogens (tertiary/aromatic N) is 2. The van der Waals surface area contributed by atoms with Crippen LogP contribution in [0.2, 0.25) is 0 Å². The Bertz CT molecular complexity index is 4350. The zero-order valence-electron chi connectivity index (χ0n) is 42.1. The van der Waals surface area contributed by atoms with Gasteiger partial charge >= 0.3 is 0 Å². The minimum Gasteiger partial charge on any atom is -0.455 e. The Hall–Kier alpha value is -9.90. The monoisotopic (exact) mass is 986 g/mol. The normalized spacial score (nSPS) is 14.3. The molecule has 0 spiro atoms. The van der Waals surface area contributed by atoms with Gasteiger partial charge in [0.15, 0.2) is 5.58 Å². The third-order valence-corrected chi connectivity index (χ3v) is 16.0.